The molecule has 2 N–H and O–H groups in total. The zero-order chi connectivity index (χ0) is 15.1. The lowest BCUT2D eigenvalue weighted by Crippen LogP contribution is -2.19. The molecule has 5 heteroatoms. The molecule has 2 heterocycles. The Labute approximate surface area is 146 Å². The van der Waals surface area contributed by atoms with Crippen LogP contribution in [0.3, 0.4) is 0 Å². The van der Waals surface area contributed by atoms with Crippen molar-refractivity contribution in [1.82, 2.24) is 10.3 Å². The standard InChI is InChI=1S/C17H13ClIN3/c18-11-4-5-14-13(9-11)15(17-20-6-7-21-17)16(22-14)10-2-1-3-12(19)8-10/h1-5,8-9,22H,6-7H2,(H,20,21). The SMILES string of the molecule is Clc1ccc2[nH]c(-c3cccc(I)c3)c(C3=NCCN3)c2c1. The van der Waals surface area contributed by atoms with Crippen LogP contribution < -0.4 is 5.32 Å². The first kappa shape index (κ1) is 14.1. The molecule has 3 aromatic rings. The summed E-state index contributed by atoms with van der Waals surface area (Å²) in [5.74, 6) is 0.947. The number of fused-ring (bicyclic) bond motifs is 1. The number of nitrogens with one attached hydrogen (secondary N) is 2. The second-order valence-corrected chi connectivity index (χ2v) is 6.91. The van der Waals surface area contributed by atoms with Crippen molar-refractivity contribution in [3.8, 4) is 11.3 Å². The molecule has 0 saturated heterocycles. The van der Waals surface area contributed by atoms with Crippen LogP contribution >= 0.6 is 34.2 Å². The molecule has 0 fully saturated rings. The van der Waals surface area contributed by atoms with Gasteiger partial charge >= 0.3 is 0 Å². The summed E-state index contributed by atoms with van der Waals surface area (Å²) in [6.45, 7) is 1.70. The van der Waals surface area contributed by atoms with Crippen LogP contribution in [-0.2, 0) is 0 Å². The first-order valence-electron chi connectivity index (χ1n) is 7.08. The van der Waals surface area contributed by atoms with Crippen LogP contribution in [0.4, 0.5) is 0 Å². The van der Waals surface area contributed by atoms with Gasteiger partial charge in [0.05, 0.1) is 12.2 Å². The van der Waals surface area contributed by atoms with Gasteiger partial charge in [-0.2, -0.15) is 0 Å². The molecule has 0 bridgehead atoms. The second-order valence-electron chi connectivity index (χ2n) is 5.23. The Bertz CT molecular complexity index is 898. The van der Waals surface area contributed by atoms with Gasteiger partial charge in [0.2, 0.25) is 0 Å². The fourth-order valence-electron chi connectivity index (χ4n) is 2.84. The number of H-pyrrole nitrogens is 1. The number of aliphatic imine (C=N–C) groups is 1. The maximum Gasteiger partial charge on any atom is 0.131 e. The van der Waals surface area contributed by atoms with Crippen molar-refractivity contribution < 1.29 is 0 Å². The van der Waals surface area contributed by atoms with E-state index in [1.54, 1.807) is 0 Å². The van der Waals surface area contributed by atoms with Crippen LogP contribution in [0.5, 0.6) is 0 Å². The van der Waals surface area contributed by atoms with Crippen molar-refractivity contribution in [3.05, 3.63) is 56.6 Å². The molecule has 2 aromatic carbocycles. The zero-order valence-electron chi connectivity index (χ0n) is 11.7. The maximum absolute atomic E-state index is 6.20. The summed E-state index contributed by atoms with van der Waals surface area (Å²) in [5.41, 5.74) is 4.43. The lowest BCUT2D eigenvalue weighted by molar-refractivity contribution is 0.960. The first-order valence-corrected chi connectivity index (χ1v) is 8.54. The summed E-state index contributed by atoms with van der Waals surface area (Å²) in [7, 11) is 0. The zero-order valence-corrected chi connectivity index (χ0v) is 14.6. The number of aromatic nitrogens is 1. The van der Waals surface area contributed by atoms with E-state index in [0.717, 1.165) is 51.7 Å². The van der Waals surface area contributed by atoms with E-state index >= 15 is 0 Å². The van der Waals surface area contributed by atoms with Gasteiger partial charge in [-0.05, 0) is 58.5 Å². The summed E-state index contributed by atoms with van der Waals surface area (Å²) in [6.07, 6.45) is 0. The number of nitrogens with zero attached hydrogens (tertiary/aromatic N) is 1. The molecule has 1 aliphatic rings. The fourth-order valence-corrected chi connectivity index (χ4v) is 3.55. The number of hydrogen-bond acceptors (Lipinski definition) is 2. The monoisotopic (exact) mass is 421 g/mol. The highest BCUT2D eigenvalue weighted by Crippen LogP contribution is 2.33. The molecule has 3 nitrogen and oxygen atoms in total. The number of rotatable bonds is 2. The molecule has 110 valence electrons. The topological polar surface area (TPSA) is 40.2 Å². The van der Waals surface area contributed by atoms with Gasteiger partial charge in [0, 0.05) is 31.6 Å². The van der Waals surface area contributed by atoms with Crippen LogP contribution in [0.25, 0.3) is 22.2 Å². The van der Waals surface area contributed by atoms with Crippen LogP contribution in [0.15, 0.2) is 47.5 Å². The summed E-state index contributed by atoms with van der Waals surface area (Å²) >= 11 is 8.54. The average Bonchev–Trinajstić information content (AvgIpc) is 3.13. The average molecular weight is 422 g/mol. The number of benzene rings is 2. The third kappa shape index (κ3) is 2.40. The molecular formula is C17H13ClIN3. The molecular weight excluding hydrogens is 409 g/mol. The van der Waals surface area contributed by atoms with Gasteiger partial charge in [0.1, 0.15) is 5.84 Å². The summed E-state index contributed by atoms with van der Waals surface area (Å²) in [6, 6.07) is 14.4. The fraction of sp³-hybridized carbons (Fsp3) is 0.118. The summed E-state index contributed by atoms with van der Waals surface area (Å²) in [5, 5.41) is 5.22. The van der Waals surface area contributed by atoms with E-state index in [1.807, 2.05) is 18.2 Å². The molecule has 0 radical (unpaired) electrons. The first-order chi connectivity index (χ1) is 10.7. The van der Waals surface area contributed by atoms with E-state index in [4.69, 9.17) is 11.6 Å². The van der Waals surface area contributed by atoms with Crippen LogP contribution in [-0.4, -0.2) is 23.9 Å². The van der Waals surface area contributed by atoms with E-state index in [-0.39, 0.29) is 0 Å². The van der Waals surface area contributed by atoms with E-state index in [0.29, 0.717) is 0 Å². The number of halogens is 2. The molecule has 0 aliphatic carbocycles. The number of amidine groups is 1. The summed E-state index contributed by atoms with van der Waals surface area (Å²) < 4.78 is 1.21. The van der Waals surface area contributed by atoms with Crippen LogP contribution in [0.2, 0.25) is 5.02 Å². The van der Waals surface area contributed by atoms with E-state index in [2.05, 4.69) is 62.1 Å². The minimum atomic E-state index is 0.737. The third-order valence-electron chi connectivity index (χ3n) is 3.78. The lowest BCUT2D eigenvalue weighted by Gasteiger charge is -2.06. The molecule has 0 amide bonds. The number of aromatic amines is 1. The smallest absolute Gasteiger partial charge is 0.131 e. The van der Waals surface area contributed by atoms with E-state index in [1.165, 1.54) is 3.57 Å². The lowest BCUT2D eigenvalue weighted by atomic mass is 10.0. The van der Waals surface area contributed by atoms with Gasteiger partial charge in [-0.15, -0.1) is 0 Å². The molecule has 22 heavy (non-hydrogen) atoms. The molecule has 0 unspecified atom stereocenters. The quantitative estimate of drug-likeness (QED) is 0.590. The normalized spacial score (nSPS) is 14.2. The summed E-state index contributed by atoms with van der Waals surface area (Å²) in [4.78, 5) is 8.14. The Morgan fingerprint density at radius 2 is 2.05 bits per heavy atom. The number of hydrogen-bond donors (Lipinski definition) is 2. The second kappa shape index (κ2) is 5.59. The molecule has 4 rings (SSSR count). The van der Waals surface area contributed by atoms with Gasteiger partial charge in [0.25, 0.3) is 0 Å². The van der Waals surface area contributed by atoms with Gasteiger partial charge < -0.3 is 10.3 Å². The van der Waals surface area contributed by atoms with Gasteiger partial charge in [0.15, 0.2) is 0 Å². The predicted octanol–water partition coefficient (Wildman–Crippen LogP) is 4.44. The predicted molar refractivity (Wildman–Crippen MR) is 101 cm³/mol. The highest BCUT2D eigenvalue weighted by Gasteiger charge is 2.20. The largest absolute Gasteiger partial charge is 0.368 e. The Balaban J connectivity index is 2.03. The van der Waals surface area contributed by atoms with Crippen molar-refractivity contribution in [2.24, 2.45) is 4.99 Å². The van der Waals surface area contributed by atoms with Crippen LogP contribution in [0.1, 0.15) is 5.56 Å². The maximum atomic E-state index is 6.20. The van der Waals surface area contributed by atoms with Crippen LogP contribution in [0, 0.1) is 3.57 Å². The van der Waals surface area contributed by atoms with E-state index in [9.17, 15) is 0 Å². The van der Waals surface area contributed by atoms with Crippen molar-refractivity contribution >= 4 is 50.9 Å². The molecule has 0 saturated carbocycles. The van der Waals surface area contributed by atoms with Gasteiger partial charge in [-0.1, -0.05) is 23.7 Å². The Kier molecular flexibility index (Phi) is 3.58. The minimum absolute atomic E-state index is 0.737. The highest BCUT2D eigenvalue weighted by molar-refractivity contribution is 14.1. The van der Waals surface area contributed by atoms with Crippen molar-refractivity contribution in [2.75, 3.05) is 13.1 Å². The molecule has 1 aromatic heterocycles. The van der Waals surface area contributed by atoms with Gasteiger partial charge in [-0.25, -0.2) is 0 Å². The third-order valence-corrected chi connectivity index (χ3v) is 4.69. The molecule has 0 atom stereocenters. The van der Waals surface area contributed by atoms with Gasteiger partial charge in [-0.3, -0.25) is 4.99 Å². The molecule has 1 aliphatic heterocycles. The highest BCUT2D eigenvalue weighted by atomic mass is 127. The van der Waals surface area contributed by atoms with Crippen molar-refractivity contribution in [1.29, 1.82) is 0 Å². The molecule has 0 spiro atoms. The van der Waals surface area contributed by atoms with E-state index < -0.39 is 0 Å². The van der Waals surface area contributed by atoms with Crippen molar-refractivity contribution in [2.45, 2.75) is 0 Å². The Hall–Kier alpha value is -1.53. The minimum Gasteiger partial charge on any atom is -0.368 e. The Morgan fingerprint density at radius 3 is 2.82 bits per heavy atom. The van der Waals surface area contributed by atoms with Crippen molar-refractivity contribution in [3.63, 3.8) is 0 Å². The Morgan fingerprint density at radius 1 is 1.14 bits per heavy atom.